The third-order valence-corrected chi connectivity index (χ3v) is 6.07. The largest absolute Gasteiger partial charge is 0.399 e. The monoisotopic (exact) mass is 408 g/mol. The van der Waals surface area contributed by atoms with Crippen molar-refractivity contribution in [2.24, 2.45) is 0 Å². The normalized spacial score (nSPS) is 12.8. The molecular formula is C21H20N4O3S. The number of nitrogens with one attached hydrogen (secondary N) is 2. The first-order chi connectivity index (χ1) is 13.7. The summed E-state index contributed by atoms with van der Waals surface area (Å²) in [5.74, 6) is -0.232. The van der Waals surface area contributed by atoms with E-state index >= 15 is 0 Å². The first-order valence-electron chi connectivity index (χ1n) is 8.89. The first kappa shape index (κ1) is 18.8. The van der Waals surface area contributed by atoms with Gasteiger partial charge in [0.25, 0.3) is 5.91 Å². The van der Waals surface area contributed by atoms with E-state index < -0.39 is 10.0 Å². The zero-order valence-electron chi connectivity index (χ0n) is 15.9. The molecule has 4 rings (SSSR count). The Bertz CT molecular complexity index is 1240. The lowest BCUT2D eigenvalue weighted by Crippen LogP contribution is -2.25. The molecular weight excluding hydrogens is 388 g/mol. The summed E-state index contributed by atoms with van der Waals surface area (Å²) in [7, 11) is -1.91. The molecule has 0 aromatic heterocycles. The molecule has 1 heterocycles. The third-order valence-electron chi connectivity index (χ3n) is 4.88. The molecule has 4 N–H and O–H groups in total. The summed E-state index contributed by atoms with van der Waals surface area (Å²) >= 11 is 0. The summed E-state index contributed by atoms with van der Waals surface area (Å²) in [5.41, 5.74) is 11.0. The first-order valence-corrected chi connectivity index (χ1v) is 10.7. The van der Waals surface area contributed by atoms with E-state index in [9.17, 15) is 13.2 Å². The lowest BCUT2D eigenvalue weighted by molar-refractivity contribution is 0.102. The van der Waals surface area contributed by atoms with Gasteiger partial charge in [-0.1, -0.05) is 24.3 Å². The predicted octanol–water partition coefficient (Wildman–Crippen LogP) is 3.64. The van der Waals surface area contributed by atoms with E-state index in [4.69, 9.17) is 5.73 Å². The van der Waals surface area contributed by atoms with Gasteiger partial charge in [-0.15, -0.1) is 0 Å². The van der Waals surface area contributed by atoms with Gasteiger partial charge in [-0.05, 0) is 42.0 Å². The Balaban J connectivity index is 1.84. The van der Waals surface area contributed by atoms with Gasteiger partial charge in [0.2, 0.25) is 10.0 Å². The number of para-hydroxylation sites is 1. The molecule has 1 aliphatic rings. The number of nitrogens with zero attached hydrogens (tertiary/aromatic N) is 1. The van der Waals surface area contributed by atoms with Crippen molar-refractivity contribution in [3.05, 3.63) is 66.2 Å². The Morgan fingerprint density at radius 2 is 1.62 bits per heavy atom. The molecule has 0 atom stereocenters. The van der Waals surface area contributed by atoms with E-state index in [0.29, 0.717) is 34.0 Å². The number of hydrogen-bond acceptors (Lipinski definition) is 5. The van der Waals surface area contributed by atoms with Gasteiger partial charge in [0.1, 0.15) is 0 Å². The van der Waals surface area contributed by atoms with E-state index in [0.717, 1.165) is 17.4 Å². The molecule has 3 aromatic carbocycles. The summed E-state index contributed by atoms with van der Waals surface area (Å²) in [6.07, 6.45) is 1.16. The van der Waals surface area contributed by atoms with Crippen LogP contribution in [-0.2, 0) is 10.0 Å². The van der Waals surface area contributed by atoms with Gasteiger partial charge in [-0.2, -0.15) is 0 Å². The van der Waals surface area contributed by atoms with Gasteiger partial charge in [-0.25, -0.2) is 8.42 Å². The fourth-order valence-electron chi connectivity index (χ4n) is 3.29. The van der Waals surface area contributed by atoms with Crippen LogP contribution >= 0.6 is 0 Å². The fraction of sp³-hybridized carbons (Fsp3) is 0.0952. The molecule has 0 fully saturated rings. The minimum Gasteiger partial charge on any atom is -0.399 e. The highest BCUT2D eigenvalue weighted by Crippen LogP contribution is 2.38. The van der Waals surface area contributed by atoms with Gasteiger partial charge in [-0.3, -0.25) is 9.10 Å². The number of hydrogen-bond donors (Lipinski definition) is 3. The number of benzene rings is 3. The van der Waals surface area contributed by atoms with Crippen LogP contribution in [0.5, 0.6) is 0 Å². The standard InChI is InChI=1S/C21H20N4O3S/c1-25(29(2,27)28)20-6-4-3-5-15(20)13-7-9-16-18(11-13)23-19-12-14(22)8-10-17(19)24-21(16)26/h3-12,23H,22H2,1-2H3,(H,24,26). The number of carbonyl (C=O) groups excluding carboxylic acids is 1. The average molecular weight is 408 g/mol. The topological polar surface area (TPSA) is 105 Å². The quantitative estimate of drug-likeness (QED) is 0.574. The molecule has 0 spiro atoms. The summed E-state index contributed by atoms with van der Waals surface area (Å²) in [6, 6.07) is 17.8. The van der Waals surface area contributed by atoms with Crippen molar-refractivity contribution < 1.29 is 13.2 Å². The Morgan fingerprint density at radius 3 is 2.38 bits per heavy atom. The fourth-order valence-corrected chi connectivity index (χ4v) is 3.81. The van der Waals surface area contributed by atoms with Crippen molar-refractivity contribution in [1.29, 1.82) is 0 Å². The van der Waals surface area contributed by atoms with E-state index in [1.54, 1.807) is 42.5 Å². The summed E-state index contributed by atoms with van der Waals surface area (Å²) in [4.78, 5) is 12.6. The Labute approximate surface area is 169 Å². The lowest BCUT2D eigenvalue weighted by Gasteiger charge is -2.21. The van der Waals surface area contributed by atoms with Crippen LogP contribution in [-0.4, -0.2) is 27.6 Å². The van der Waals surface area contributed by atoms with E-state index in [2.05, 4.69) is 10.6 Å². The summed E-state index contributed by atoms with van der Waals surface area (Å²) in [5, 5.41) is 6.14. The molecule has 29 heavy (non-hydrogen) atoms. The maximum Gasteiger partial charge on any atom is 0.257 e. The Kier molecular flexibility index (Phi) is 4.43. The lowest BCUT2D eigenvalue weighted by atomic mass is 10.0. The molecule has 0 saturated carbocycles. The van der Waals surface area contributed by atoms with Gasteiger partial charge in [0, 0.05) is 18.3 Å². The van der Waals surface area contributed by atoms with Gasteiger partial charge in [0.05, 0.1) is 34.6 Å². The number of carbonyl (C=O) groups is 1. The SMILES string of the molecule is CN(c1ccccc1-c1ccc2c(c1)Nc1cc(N)ccc1NC2=O)S(C)(=O)=O. The second kappa shape index (κ2) is 6.82. The highest BCUT2D eigenvalue weighted by atomic mass is 32.2. The van der Waals surface area contributed by atoms with Crippen LogP contribution in [0.25, 0.3) is 11.1 Å². The third kappa shape index (κ3) is 3.50. The van der Waals surface area contributed by atoms with Crippen LogP contribution in [0.4, 0.5) is 28.4 Å². The number of rotatable bonds is 3. The Morgan fingerprint density at radius 1 is 0.862 bits per heavy atom. The molecule has 1 amide bonds. The molecule has 0 unspecified atom stereocenters. The van der Waals surface area contributed by atoms with Crippen LogP contribution in [0.1, 0.15) is 10.4 Å². The minimum absolute atomic E-state index is 0.232. The second-order valence-corrected chi connectivity index (χ2v) is 8.91. The summed E-state index contributed by atoms with van der Waals surface area (Å²) in [6.45, 7) is 0. The molecule has 0 aliphatic carbocycles. The number of amides is 1. The van der Waals surface area contributed by atoms with Crippen LogP contribution in [0.3, 0.4) is 0 Å². The summed E-state index contributed by atoms with van der Waals surface area (Å²) < 4.78 is 25.3. The van der Waals surface area contributed by atoms with Crippen molar-refractivity contribution in [3.8, 4) is 11.1 Å². The van der Waals surface area contributed by atoms with Gasteiger partial charge in [0.15, 0.2) is 0 Å². The number of nitrogens with two attached hydrogens (primary N) is 1. The second-order valence-electron chi connectivity index (χ2n) is 6.89. The van der Waals surface area contributed by atoms with Crippen molar-refractivity contribution >= 4 is 44.4 Å². The number of anilines is 5. The minimum atomic E-state index is -3.42. The van der Waals surface area contributed by atoms with Crippen molar-refractivity contribution in [2.45, 2.75) is 0 Å². The maximum absolute atomic E-state index is 12.6. The van der Waals surface area contributed by atoms with Crippen LogP contribution < -0.4 is 20.7 Å². The highest BCUT2D eigenvalue weighted by molar-refractivity contribution is 7.92. The molecule has 3 aromatic rings. The molecule has 0 bridgehead atoms. The molecule has 7 nitrogen and oxygen atoms in total. The molecule has 8 heteroatoms. The number of fused-ring (bicyclic) bond motifs is 2. The van der Waals surface area contributed by atoms with Gasteiger partial charge < -0.3 is 16.4 Å². The zero-order chi connectivity index (χ0) is 20.8. The number of sulfonamides is 1. The van der Waals surface area contributed by atoms with Crippen LogP contribution in [0, 0.1) is 0 Å². The van der Waals surface area contributed by atoms with E-state index in [-0.39, 0.29) is 5.91 Å². The number of nitrogen functional groups attached to an aromatic ring is 1. The van der Waals surface area contributed by atoms with Crippen molar-refractivity contribution in [1.82, 2.24) is 0 Å². The van der Waals surface area contributed by atoms with Crippen molar-refractivity contribution in [2.75, 3.05) is 34.0 Å². The molecule has 148 valence electrons. The predicted molar refractivity (Wildman–Crippen MR) is 117 cm³/mol. The van der Waals surface area contributed by atoms with Gasteiger partial charge >= 0.3 is 0 Å². The zero-order valence-corrected chi connectivity index (χ0v) is 16.7. The average Bonchev–Trinajstić information content (AvgIpc) is 2.81. The maximum atomic E-state index is 12.6. The highest BCUT2D eigenvalue weighted by Gasteiger charge is 2.21. The molecule has 0 saturated heterocycles. The molecule has 1 aliphatic heterocycles. The molecule has 0 radical (unpaired) electrons. The smallest absolute Gasteiger partial charge is 0.257 e. The van der Waals surface area contributed by atoms with E-state index in [1.165, 1.54) is 11.4 Å². The van der Waals surface area contributed by atoms with Crippen LogP contribution in [0.2, 0.25) is 0 Å². The Hall–Kier alpha value is -3.52. The van der Waals surface area contributed by atoms with E-state index in [1.807, 2.05) is 18.2 Å². The van der Waals surface area contributed by atoms with Crippen LogP contribution in [0.15, 0.2) is 60.7 Å². The van der Waals surface area contributed by atoms with Crippen molar-refractivity contribution in [3.63, 3.8) is 0 Å².